The van der Waals surface area contributed by atoms with Gasteiger partial charge in [0.25, 0.3) is 0 Å². The average Bonchev–Trinajstić information content (AvgIpc) is 2.98. The molecule has 0 aliphatic carbocycles. The molecule has 2 N–H and O–H groups in total. The van der Waals surface area contributed by atoms with Crippen LogP contribution >= 0.6 is 0 Å². The van der Waals surface area contributed by atoms with Crippen LogP contribution in [0.15, 0.2) is 6.20 Å². The first-order chi connectivity index (χ1) is 9.15. The highest BCUT2D eigenvalue weighted by Crippen LogP contribution is 2.22. The fourth-order valence-electron chi connectivity index (χ4n) is 2.47. The summed E-state index contributed by atoms with van der Waals surface area (Å²) in [6.45, 7) is 2.04. The summed E-state index contributed by atoms with van der Waals surface area (Å²) in [5.74, 6) is -0.957. The molecular weight excluding hydrogens is 250 g/mol. The van der Waals surface area contributed by atoms with Crippen molar-refractivity contribution in [2.24, 2.45) is 0 Å². The highest BCUT2D eigenvalue weighted by molar-refractivity contribution is 5.84. The molecule has 2 saturated heterocycles. The van der Waals surface area contributed by atoms with Crippen molar-refractivity contribution in [3.8, 4) is 0 Å². The number of hydrogen-bond donors (Lipinski definition) is 2. The number of rotatable bonds is 3. The fraction of sp³-hybridized carbons (Fsp3) is 0.636. The van der Waals surface area contributed by atoms with Gasteiger partial charge in [-0.1, -0.05) is 5.21 Å². The maximum absolute atomic E-state index is 12.0. The Kier molecular flexibility index (Phi) is 2.94. The van der Waals surface area contributed by atoms with Gasteiger partial charge in [-0.2, -0.15) is 0 Å². The second-order valence-electron chi connectivity index (χ2n) is 4.93. The summed E-state index contributed by atoms with van der Waals surface area (Å²) < 4.78 is 1.52. The zero-order valence-electron chi connectivity index (χ0n) is 10.3. The Morgan fingerprint density at radius 2 is 2.21 bits per heavy atom. The molecule has 3 rings (SSSR count). The van der Waals surface area contributed by atoms with Gasteiger partial charge in [0, 0.05) is 13.1 Å². The Bertz CT molecular complexity index is 502. The van der Waals surface area contributed by atoms with Crippen LogP contribution in [0.5, 0.6) is 0 Å². The minimum absolute atomic E-state index is 0.0333. The number of carboxylic acid groups (broad SMARTS) is 1. The number of carbonyl (C=O) groups is 2. The second-order valence-corrected chi connectivity index (χ2v) is 4.93. The summed E-state index contributed by atoms with van der Waals surface area (Å²) in [5, 5.41) is 19.3. The van der Waals surface area contributed by atoms with Crippen molar-refractivity contribution in [1.82, 2.24) is 25.2 Å². The van der Waals surface area contributed by atoms with Crippen LogP contribution in [0.25, 0.3) is 0 Å². The molecule has 1 aromatic rings. The Hall–Kier alpha value is -1.96. The predicted molar refractivity (Wildman–Crippen MR) is 63.6 cm³/mol. The third-order valence-electron chi connectivity index (χ3n) is 3.64. The summed E-state index contributed by atoms with van der Waals surface area (Å²) in [6.07, 6.45) is 3.34. The molecule has 0 aromatic carbocycles. The van der Waals surface area contributed by atoms with Crippen LogP contribution in [0.4, 0.5) is 0 Å². The number of carbonyl (C=O) groups excluding carboxylic acids is 1. The van der Waals surface area contributed by atoms with Gasteiger partial charge in [-0.25, -0.2) is 9.48 Å². The normalized spacial score (nSPS) is 23.4. The standard InChI is InChI=1S/C11H15N5O3/c17-10(8-2-1-3-12-8)15-4-7(5-15)16-6-9(11(18)19)13-14-16/h6-8,12H,1-5H2,(H,18,19)/t8-/m0/s1. The minimum Gasteiger partial charge on any atom is -0.476 e. The number of nitrogens with one attached hydrogen (secondary N) is 1. The number of carboxylic acids is 1. The van der Waals surface area contributed by atoms with E-state index in [1.165, 1.54) is 10.9 Å². The second kappa shape index (κ2) is 4.61. The van der Waals surface area contributed by atoms with Crippen molar-refractivity contribution in [2.45, 2.75) is 24.9 Å². The van der Waals surface area contributed by atoms with E-state index in [2.05, 4.69) is 15.6 Å². The Morgan fingerprint density at radius 3 is 2.79 bits per heavy atom. The topological polar surface area (TPSA) is 100 Å². The molecule has 0 spiro atoms. The molecule has 2 fully saturated rings. The van der Waals surface area contributed by atoms with E-state index in [1.54, 1.807) is 4.90 Å². The molecule has 8 heteroatoms. The summed E-state index contributed by atoms with van der Waals surface area (Å²) in [7, 11) is 0. The summed E-state index contributed by atoms with van der Waals surface area (Å²) in [6, 6.07) is -0.0165. The van der Waals surface area contributed by atoms with Crippen LogP contribution in [0.3, 0.4) is 0 Å². The molecule has 2 aliphatic heterocycles. The van der Waals surface area contributed by atoms with E-state index in [0.717, 1.165) is 19.4 Å². The highest BCUT2D eigenvalue weighted by Gasteiger charge is 2.36. The van der Waals surface area contributed by atoms with Crippen molar-refractivity contribution in [3.63, 3.8) is 0 Å². The molecule has 1 atom stereocenters. The maximum atomic E-state index is 12.0. The number of nitrogens with zero attached hydrogens (tertiary/aromatic N) is 4. The first kappa shape index (κ1) is 12.1. The van der Waals surface area contributed by atoms with E-state index in [9.17, 15) is 9.59 Å². The van der Waals surface area contributed by atoms with Gasteiger partial charge in [0.1, 0.15) is 0 Å². The molecule has 0 bridgehead atoms. The van der Waals surface area contributed by atoms with Crippen molar-refractivity contribution >= 4 is 11.9 Å². The molecule has 8 nitrogen and oxygen atoms in total. The van der Waals surface area contributed by atoms with Gasteiger partial charge < -0.3 is 15.3 Å². The van der Waals surface area contributed by atoms with Crippen molar-refractivity contribution < 1.29 is 14.7 Å². The first-order valence-corrected chi connectivity index (χ1v) is 6.32. The SMILES string of the molecule is O=C(O)c1cn(C2CN(C(=O)[C@@H]3CCCN3)C2)nn1. The molecule has 19 heavy (non-hydrogen) atoms. The number of likely N-dealkylation sites (tertiary alicyclic amines) is 1. The van der Waals surface area contributed by atoms with Crippen molar-refractivity contribution in [3.05, 3.63) is 11.9 Å². The Labute approximate surface area is 109 Å². The van der Waals surface area contributed by atoms with E-state index in [-0.39, 0.29) is 23.7 Å². The smallest absolute Gasteiger partial charge is 0.358 e. The molecule has 2 aliphatic rings. The maximum Gasteiger partial charge on any atom is 0.358 e. The lowest BCUT2D eigenvalue weighted by atomic mass is 10.1. The molecular formula is C11H15N5O3. The Morgan fingerprint density at radius 1 is 1.42 bits per heavy atom. The van der Waals surface area contributed by atoms with E-state index in [1.807, 2.05) is 0 Å². The quantitative estimate of drug-likeness (QED) is 0.735. The van der Waals surface area contributed by atoms with E-state index in [0.29, 0.717) is 13.1 Å². The third-order valence-corrected chi connectivity index (χ3v) is 3.64. The summed E-state index contributed by atoms with van der Waals surface area (Å²) >= 11 is 0. The Balaban J connectivity index is 1.56. The number of amides is 1. The van der Waals surface area contributed by atoms with Gasteiger partial charge in [0.05, 0.1) is 18.3 Å². The largest absolute Gasteiger partial charge is 0.476 e. The number of aromatic carboxylic acids is 1. The van der Waals surface area contributed by atoms with Crippen LogP contribution in [0.1, 0.15) is 29.4 Å². The zero-order valence-corrected chi connectivity index (χ0v) is 10.3. The van der Waals surface area contributed by atoms with Gasteiger partial charge in [-0.05, 0) is 19.4 Å². The molecule has 1 amide bonds. The third kappa shape index (κ3) is 2.19. The van der Waals surface area contributed by atoms with E-state index < -0.39 is 5.97 Å². The lowest BCUT2D eigenvalue weighted by Crippen LogP contribution is -2.55. The zero-order chi connectivity index (χ0) is 13.4. The lowest BCUT2D eigenvalue weighted by molar-refractivity contribution is -0.139. The van der Waals surface area contributed by atoms with Crippen LogP contribution in [-0.2, 0) is 4.79 Å². The van der Waals surface area contributed by atoms with E-state index in [4.69, 9.17) is 5.11 Å². The van der Waals surface area contributed by atoms with Gasteiger partial charge >= 0.3 is 5.97 Å². The fourth-order valence-corrected chi connectivity index (χ4v) is 2.47. The van der Waals surface area contributed by atoms with Crippen LogP contribution in [0, 0.1) is 0 Å². The van der Waals surface area contributed by atoms with Gasteiger partial charge in [0.15, 0.2) is 5.69 Å². The minimum atomic E-state index is -1.09. The first-order valence-electron chi connectivity index (χ1n) is 6.32. The summed E-state index contributed by atoms with van der Waals surface area (Å²) in [4.78, 5) is 24.5. The number of hydrogen-bond acceptors (Lipinski definition) is 5. The highest BCUT2D eigenvalue weighted by atomic mass is 16.4. The van der Waals surface area contributed by atoms with Crippen LogP contribution in [0.2, 0.25) is 0 Å². The molecule has 0 unspecified atom stereocenters. The van der Waals surface area contributed by atoms with E-state index >= 15 is 0 Å². The van der Waals surface area contributed by atoms with Crippen molar-refractivity contribution in [1.29, 1.82) is 0 Å². The molecule has 102 valence electrons. The van der Waals surface area contributed by atoms with Gasteiger partial charge in [0.2, 0.25) is 5.91 Å². The molecule has 0 radical (unpaired) electrons. The monoisotopic (exact) mass is 265 g/mol. The summed E-state index contributed by atoms with van der Waals surface area (Å²) in [5.41, 5.74) is -0.0674. The molecule has 3 heterocycles. The number of aromatic nitrogens is 3. The van der Waals surface area contributed by atoms with Crippen molar-refractivity contribution in [2.75, 3.05) is 19.6 Å². The predicted octanol–water partition coefficient (Wildman–Crippen LogP) is -0.888. The van der Waals surface area contributed by atoms with Gasteiger partial charge in [-0.3, -0.25) is 4.79 Å². The van der Waals surface area contributed by atoms with Crippen LogP contribution < -0.4 is 5.32 Å². The molecule has 1 aromatic heterocycles. The average molecular weight is 265 g/mol. The molecule has 0 saturated carbocycles. The van der Waals surface area contributed by atoms with Crippen LogP contribution in [-0.4, -0.2) is 62.6 Å². The lowest BCUT2D eigenvalue weighted by Gasteiger charge is -2.40. The van der Waals surface area contributed by atoms with Gasteiger partial charge in [-0.15, -0.1) is 5.10 Å².